The number of anilines is 1. The van der Waals surface area contributed by atoms with Crippen molar-refractivity contribution in [2.24, 2.45) is 0 Å². The summed E-state index contributed by atoms with van der Waals surface area (Å²) in [5.41, 5.74) is 1.82. The molecule has 2 rings (SSSR count). The lowest BCUT2D eigenvalue weighted by Gasteiger charge is -2.23. The average molecular weight is 329 g/mol. The van der Waals surface area contributed by atoms with Gasteiger partial charge in [0.05, 0.1) is 11.1 Å². The van der Waals surface area contributed by atoms with Crippen LogP contribution in [0.4, 0.5) is 5.69 Å². The second-order valence-electron chi connectivity index (χ2n) is 7.03. The minimum atomic E-state index is -1.00. The van der Waals surface area contributed by atoms with Gasteiger partial charge in [-0.15, -0.1) is 0 Å². The highest BCUT2D eigenvalue weighted by molar-refractivity contribution is 6.03. The Hall–Kier alpha value is -2.63. The lowest BCUT2D eigenvalue weighted by atomic mass is 10.1. The third-order valence-electron chi connectivity index (χ3n) is 3.59. The normalized spacial score (nSPS) is 11.6. The van der Waals surface area contributed by atoms with Gasteiger partial charge in [-0.05, 0) is 57.0 Å². The largest absolute Gasteiger partial charge is 0.478 e. The fourth-order valence-corrected chi connectivity index (χ4v) is 2.35. The topological polar surface area (TPSA) is 84.2 Å². The fraction of sp³-hybridized carbons (Fsp3) is 0.389. The number of hydrogen-bond donors (Lipinski definition) is 2. The molecule has 0 saturated carbocycles. The van der Waals surface area contributed by atoms with Gasteiger partial charge in [-0.25, -0.2) is 4.79 Å². The van der Waals surface area contributed by atoms with E-state index in [1.165, 1.54) is 12.1 Å². The van der Waals surface area contributed by atoms with Crippen LogP contribution in [0.1, 0.15) is 67.1 Å². The number of nitrogens with zero attached hydrogens (tertiary/aromatic N) is 2. The highest BCUT2D eigenvalue weighted by Gasteiger charge is 2.23. The molecule has 1 amide bonds. The van der Waals surface area contributed by atoms with Crippen LogP contribution in [0.15, 0.2) is 30.3 Å². The Balaban J connectivity index is 2.25. The number of amides is 1. The second-order valence-corrected chi connectivity index (χ2v) is 7.03. The van der Waals surface area contributed by atoms with Crippen LogP contribution >= 0.6 is 0 Å². The number of aromatic carboxylic acids is 1. The van der Waals surface area contributed by atoms with Crippen LogP contribution in [-0.2, 0) is 5.54 Å². The Bertz CT molecular complexity index is 753. The summed E-state index contributed by atoms with van der Waals surface area (Å²) in [6.07, 6.45) is 0. The number of carboxylic acid groups (broad SMARTS) is 1. The quantitative estimate of drug-likeness (QED) is 0.895. The second kappa shape index (κ2) is 6.47. The molecule has 0 fully saturated rings. The number of rotatable bonds is 4. The van der Waals surface area contributed by atoms with Crippen LogP contribution in [0.3, 0.4) is 0 Å². The molecule has 2 aromatic rings. The third-order valence-corrected chi connectivity index (χ3v) is 3.59. The van der Waals surface area contributed by atoms with Crippen molar-refractivity contribution < 1.29 is 14.7 Å². The molecular weight excluding hydrogens is 306 g/mol. The molecule has 2 N–H and O–H groups in total. The maximum atomic E-state index is 12.4. The molecule has 0 aliphatic heterocycles. The first-order valence-electron chi connectivity index (χ1n) is 7.84. The Labute approximate surface area is 141 Å². The number of aromatic nitrogens is 2. The van der Waals surface area contributed by atoms with Gasteiger partial charge in [0.25, 0.3) is 5.91 Å². The molecule has 0 unspecified atom stereocenters. The molecule has 0 spiro atoms. The lowest BCUT2D eigenvalue weighted by Crippen LogP contribution is -2.26. The SMILES string of the molecule is CC(C)c1cc(C(=O)Nc2ccc(C(=O)O)cc2)nn1C(C)(C)C. The van der Waals surface area contributed by atoms with Crippen molar-refractivity contribution in [1.29, 1.82) is 0 Å². The minimum Gasteiger partial charge on any atom is -0.478 e. The molecule has 1 heterocycles. The van der Waals surface area contributed by atoms with Gasteiger partial charge in [0.1, 0.15) is 0 Å². The first-order valence-corrected chi connectivity index (χ1v) is 7.84. The van der Waals surface area contributed by atoms with Gasteiger partial charge in [0.15, 0.2) is 5.69 Å². The smallest absolute Gasteiger partial charge is 0.335 e. The third kappa shape index (κ3) is 3.82. The van der Waals surface area contributed by atoms with E-state index >= 15 is 0 Å². The molecule has 24 heavy (non-hydrogen) atoms. The van der Waals surface area contributed by atoms with Gasteiger partial charge < -0.3 is 10.4 Å². The summed E-state index contributed by atoms with van der Waals surface area (Å²) in [6.45, 7) is 10.2. The first-order chi connectivity index (χ1) is 11.1. The lowest BCUT2D eigenvalue weighted by molar-refractivity contribution is 0.0696. The van der Waals surface area contributed by atoms with E-state index in [1.54, 1.807) is 18.2 Å². The number of carbonyl (C=O) groups is 2. The van der Waals surface area contributed by atoms with Crippen molar-refractivity contribution in [1.82, 2.24) is 9.78 Å². The number of carbonyl (C=O) groups excluding carboxylic acids is 1. The van der Waals surface area contributed by atoms with Crippen LogP contribution in [0.25, 0.3) is 0 Å². The molecular formula is C18H23N3O3. The van der Waals surface area contributed by atoms with Crippen LogP contribution in [0.2, 0.25) is 0 Å². The summed E-state index contributed by atoms with van der Waals surface area (Å²) in [4.78, 5) is 23.3. The summed E-state index contributed by atoms with van der Waals surface area (Å²) < 4.78 is 1.88. The van der Waals surface area contributed by atoms with E-state index in [4.69, 9.17) is 5.11 Å². The van der Waals surface area contributed by atoms with E-state index in [2.05, 4.69) is 24.3 Å². The molecule has 0 aliphatic rings. The molecule has 0 aliphatic carbocycles. The Kier molecular flexibility index (Phi) is 4.78. The molecule has 6 heteroatoms. The van der Waals surface area contributed by atoms with Gasteiger partial charge in [-0.2, -0.15) is 5.10 Å². The maximum absolute atomic E-state index is 12.4. The van der Waals surface area contributed by atoms with E-state index in [1.807, 2.05) is 25.5 Å². The van der Waals surface area contributed by atoms with Gasteiger partial charge in [-0.1, -0.05) is 13.8 Å². The first kappa shape index (κ1) is 17.7. The van der Waals surface area contributed by atoms with Crippen molar-refractivity contribution >= 4 is 17.6 Å². The zero-order valence-electron chi connectivity index (χ0n) is 14.6. The Morgan fingerprint density at radius 1 is 1.17 bits per heavy atom. The van der Waals surface area contributed by atoms with Gasteiger partial charge >= 0.3 is 5.97 Å². The van der Waals surface area contributed by atoms with E-state index in [-0.39, 0.29) is 22.9 Å². The van der Waals surface area contributed by atoms with Crippen molar-refractivity contribution in [3.63, 3.8) is 0 Å². The summed E-state index contributed by atoms with van der Waals surface area (Å²) in [5, 5.41) is 16.1. The van der Waals surface area contributed by atoms with E-state index in [0.29, 0.717) is 11.4 Å². The predicted molar refractivity (Wildman–Crippen MR) is 92.7 cm³/mol. The zero-order chi connectivity index (χ0) is 18.1. The molecule has 0 atom stereocenters. The molecule has 128 valence electrons. The zero-order valence-corrected chi connectivity index (χ0v) is 14.6. The fourth-order valence-electron chi connectivity index (χ4n) is 2.35. The van der Waals surface area contributed by atoms with E-state index < -0.39 is 5.97 Å². The van der Waals surface area contributed by atoms with Gasteiger partial charge in [0.2, 0.25) is 0 Å². The molecule has 1 aromatic heterocycles. The molecule has 1 aromatic carbocycles. The summed E-state index contributed by atoms with van der Waals surface area (Å²) in [5.74, 6) is -1.07. The Morgan fingerprint density at radius 3 is 2.17 bits per heavy atom. The van der Waals surface area contributed by atoms with Crippen LogP contribution in [0.5, 0.6) is 0 Å². The standard InChI is InChI=1S/C18H23N3O3/c1-11(2)15-10-14(20-21(15)18(3,4)5)16(22)19-13-8-6-12(7-9-13)17(23)24/h6-11H,1-5H3,(H,19,22)(H,23,24). The summed E-state index contributed by atoms with van der Waals surface area (Å²) >= 11 is 0. The summed E-state index contributed by atoms with van der Waals surface area (Å²) in [7, 11) is 0. The van der Waals surface area contributed by atoms with Crippen molar-refractivity contribution in [3.05, 3.63) is 47.3 Å². The highest BCUT2D eigenvalue weighted by Crippen LogP contribution is 2.24. The minimum absolute atomic E-state index is 0.173. The Morgan fingerprint density at radius 2 is 1.75 bits per heavy atom. The molecule has 0 radical (unpaired) electrons. The van der Waals surface area contributed by atoms with E-state index in [0.717, 1.165) is 5.69 Å². The number of benzene rings is 1. The number of carboxylic acids is 1. The van der Waals surface area contributed by atoms with Gasteiger partial charge in [-0.3, -0.25) is 9.48 Å². The van der Waals surface area contributed by atoms with Crippen LogP contribution in [-0.4, -0.2) is 26.8 Å². The maximum Gasteiger partial charge on any atom is 0.335 e. The van der Waals surface area contributed by atoms with Crippen LogP contribution in [0, 0.1) is 0 Å². The van der Waals surface area contributed by atoms with Crippen molar-refractivity contribution in [3.8, 4) is 0 Å². The van der Waals surface area contributed by atoms with Crippen molar-refractivity contribution in [2.75, 3.05) is 5.32 Å². The van der Waals surface area contributed by atoms with Crippen molar-refractivity contribution in [2.45, 2.75) is 46.1 Å². The number of nitrogens with one attached hydrogen (secondary N) is 1. The average Bonchev–Trinajstić information content (AvgIpc) is 2.93. The molecule has 0 bridgehead atoms. The highest BCUT2D eigenvalue weighted by atomic mass is 16.4. The van der Waals surface area contributed by atoms with E-state index in [9.17, 15) is 9.59 Å². The summed E-state index contributed by atoms with van der Waals surface area (Å²) in [6, 6.07) is 7.82. The van der Waals surface area contributed by atoms with Gasteiger partial charge in [0, 0.05) is 11.4 Å². The molecule has 6 nitrogen and oxygen atoms in total. The predicted octanol–water partition coefficient (Wildman–Crippen LogP) is 3.71. The monoisotopic (exact) mass is 329 g/mol. The molecule has 0 saturated heterocycles. The van der Waals surface area contributed by atoms with Crippen LogP contribution < -0.4 is 5.32 Å². The number of hydrogen-bond acceptors (Lipinski definition) is 3.